The summed E-state index contributed by atoms with van der Waals surface area (Å²) >= 11 is 0. The van der Waals surface area contributed by atoms with Gasteiger partial charge in [-0.3, -0.25) is 4.40 Å². The second-order valence-electron chi connectivity index (χ2n) is 4.23. The summed E-state index contributed by atoms with van der Waals surface area (Å²) in [6.45, 7) is 3.57. The van der Waals surface area contributed by atoms with Crippen LogP contribution < -0.4 is 5.32 Å². The minimum absolute atomic E-state index is 0.293. The maximum Gasteiger partial charge on any atom is 0.203 e. The van der Waals surface area contributed by atoms with E-state index in [0.717, 1.165) is 43.3 Å². The molecule has 1 saturated heterocycles. The third-order valence-corrected chi connectivity index (χ3v) is 3.02. The molecule has 1 atom stereocenters. The summed E-state index contributed by atoms with van der Waals surface area (Å²) in [5.41, 5.74) is 0.767. The first-order chi connectivity index (χ1) is 8.34. The maximum absolute atomic E-state index is 5.56. The summed E-state index contributed by atoms with van der Waals surface area (Å²) in [6.07, 6.45) is 6.17. The quantitative estimate of drug-likeness (QED) is 0.857. The minimum atomic E-state index is 0.293. The van der Waals surface area contributed by atoms with Crippen molar-refractivity contribution in [3.05, 3.63) is 18.2 Å². The molecule has 17 heavy (non-hydrogen) atoms. The first-order valence-electron chi connectivity index (χ1n) is 5.86. The molecule has 0 bridgehead atoms. The Kier molecular flexibility index (Phi) is 2.64. The topological polar surface area (TPSA) is 64.3 Å². The first kappa shape index (κ1) is 10.5. The Balaban J connectivity index is 1.79. The van der Waals surface area contributed by atoms with Crippen molar-refractivity contribution >= 4 is 11.5 Å². The van der Waals surface area contributed by atoms with Crippen molar-refractivity contribution in [3.63, 3.8) is 0 Å². The summed E-state index contributed by atoms with van der Waals surface area (Å²) in [4.78, 5) is 4.29. The van der Waals surface area contributed by atoms with Gasteiger partial charge in [-0.15, -0.1) is 10.2 Å². The second-order valence-corrected chi connectivity index (χ2v) is 4.23. The highest BCUT2D eigenvalue weighted by atomic mass is 16.5. The van der Waals surface area contributed by atoms with Gasteiger partial charge in [0.05, 0.1) is 6.10 Å². The van der Waals surface area contributed by atoms with Crippen LogP contribution in [0.15, 0.2) is 12.4 Å². The zero-order valence-corrected chi connectivity index (χ0v) is 9.76. The molecule has 3 heterocycles. The number of anilines is 1. The number of hydrogen-bond donors (Lipinski definition) is 1. The maximum atomic E-state index is 5.56. The van der Waals surface area contributed by atoms with E-state index < -0.39 is 0 Å². The highest BCUT2D eigenvalue weighted by molar-refractivity contribution is 5.61. The molecule has 0 amide bonds. The van der Waals surface area contributed by atoms with E-state index in [-0.39, 0.29) is 0 Å². The highest BCUT2D eigenvalue weighted by Gasteiger charge is 2.16. The van der Waals surface area contributed by atoms with Crippen molar-refractivity contribution in [2.45, 2.75) is 25.9 Å². The number of aryl methyl sites for hydroxylation is 1. The summed E-state index contributed by atoms with van der Waals surface area (Å²) < 4.78 is 7.48. The predicted octanol–water partition coefficient (Wildman–Crippen LogP) is 1.02. The molecule has 1 unspecified atom stereocenters. The zero-order chi connectivity index (χ0) is 11.7. The van der Waals surface area contributed by atoms with Crippen molar-refractivity contribution in [1.29, 1.82) is 0 Å². The van der Waals surface area contributed by atoms with Gasteiger partial charge < -0.3 is 10.1 Å². The normalized spacial score (nSPS) is 19.9. The molecule has 2 aromatic rings. The lowest BCUT2D eigenvalue weighted by molar-refractivity contribution is 0.120. The van der Waals surface area contributed by atoms with Crippen molar-refractivity contribution in [3.8, 4) is 0 Å². The van der Waals surface area contributed by atoms with Crippen molar-refractivity contribution in [2.75, 3.05) is 18.5 Å². The molecule has 1 N–H and O–H groups in total. The van der Waals surface area contributed by atoms with Crippen molar-refractivity contribution in [1.82, 2.24) is 19.6 Å². The molecule has 0 radical (unpaired) electrons. The smallest absolute Gasteiger partial charge is 0.203 e. The Morgan fingerprint density at radius 1 is 1.53 bits per heavy atom. The summed E-state index contributed by atoms with van der Waals surface area (Å²) in [5, 5.41) is 11.4. The van der Waals surface area contributed by atoms with E-state index in [0.29, 0.717) is 6.10 Å². The molecule has 1 fully saturated rings. The number of hydrogen-bond acceptors (Lipinski definition) is 5. The molecular weight excluding hydrogens is 218 g/mol. The number of aromatic nitrogens is 4. The number of rotatable bonds is 3. The van der Waals surface area contributed by atoms with Crippen LogP contribution in [0.4, 0.5) is 5.82 Å². The lowest BCUT2D eigenvalue weighted by Gasteiger charge is -2.11. The van der Waals surface area contributed by atoms with E-state index in [4.69, 9.17) is 4.74 Å². The number of nitrogens with zero attached hydrogens (tertiary/aromatic N) is 4. The fourth-order valence-electron chi connectivity index (χ4n) is 2.08. The Morgan fingerprint density at radius 2 is 2.47 bits per heavy atom. The molecule has 90 valence electrons. The number of ether oxygens (including phenoxy) is 1. The van der Waals surface area contributed by atoms with Gasteiger partial charge in [0.25, 0.3) is 0 Å². The molecule has 6 heteroatoms. The minimum Gasteiger partial charge on any atom is -0.376 e. The van der Waals surface area contributed by atoms with Gasteiger partial charge in [-0.1, -0.05) is 0 Å². The predicted molar refractivity (Wildman–Crippen MR) is 63.0 cm³/mol. The van der Waals surface area contributed by atoms with Crippen LogP contribution in [0.5, 0.6) is 0 Å². The van der Waals surface area contributed by atoms with Crippen LogP contribution in [0.25, 0.3) is 5.65 Å². The largest absolute Gasteiger partial charge is 0.376 e. The van der Waals surface area contributed by atoms with Crippen LogP contribution in [0.2, 0.25) is 0 Å². The SMILES string of the molecule is Cc1nnc2c(NCC3CCCO3)nccn12. The molecule has 3 rings (SSSR count). The van der Waals surface area contributed by atoms with Gasteiger partial charge in [0.1, 0.15) is 5.82 Å². The molecule has 2 aromatic heterocycles. The van der Waals surface area contributed by atoms with Crippen LogP contribution in [0.3, 0.4) is 0 Å². The Labute approximate surface area is 99.0 Å². The molecule has 1 aliphatic heterocycles. The Morgan fingerprint density at radius 3 is 3.29 bits per heavy atom. The van der Waals surface area contributed by atoms with Gasteiger partial charge >= 0.3 is 0 Å². The third-order valence-electron chi connectivity index (χ3n) is 3.02. The van der Waals surface area contributed by atoms with E-state index in [1.54, 1.807) is 6.20 Å². The van der Waals surface area contributed by atoms with E-state index in [2.05, 4.69) is 20.5 Å². The number of fused-ring (bicyclic) bond motifs is 1. The van der Waals surface area contributed by atoms with Crippen molar-refractivity contribution in [2.24, 2.45) is 0 Å². The molecule has 6 nitrogen and oxygen atoms in total. The molecule has 0 spiro atoms. The fourth-order valence-corrected chi connectivity index (χ4v) is 2.08. The monoisotopic (exact) mass is 233 g/mol. The van der Waals surface area contributed by atoms with Crippen LogP contribution in [-0.4, -0.2) is 38.8 Å². The second kappa shape index (κ2) is 4.29. The van der Waals surface area contributed by atoms with E-state index in [9.17, 15) is 0 Å². The summed E-state index contributed by atoms with van der Waals surface area (Å²) in [5.74, 6) is 1.63. The van der Waals surface area contributed by atoms with Gasteiger partial charge in [-0.2, -0.15) is 0 Å². The summed E-state index contributed by atoms with van der Waals surface area (Å²) in [7, 11) is 0. The standard InChI is InChI=1S/C11H15N5O/c1-8-14-15-11-10(12-4-5-16(8)11)13-7-9-3-2-6-17-9/h4-5,9H,2-3,6-7H2,1H3,(H,12,13). The van der Waals surface area contributed by atoms with Crippen LogP contribution >= 0.6 is 0 Å². The average molecular weight is 233 g/mol. The molecule has 0 aliphatic carbocycles. The highest BCUT2D eigenvalue weighted by Crippen LogP contribution is 2.15. The van der Waals surface area contributed by atoms with E-state index in [1.165, 1.54) is 0 Å². The van der Waals surface area contributed by atoms with Gasteiger partial charge in [-0.25, -0.2) is 4.98 Å². The molecule has 1 aliphatic rings. The van der Waals surface area contributed by atoms with Crippen LogP contribution in [-0.2, 0) is 4.74 Å². The molecule has 0 aromatic carbocycles. The van der Waals surface area contributed by atoms with Gasteiger partial charge in [0.2, 0.25) is 5.65 Å². The molecule has 0 saturated carbocycles. The average Bonchev–Trinajstić information content (AvgIpc) is 2.97. The van der Waals surface area contributed by atoms with E-state index in [1.807, 2.05) is 17.5 Å². The lowest BCUT2D eigenvalue weighted by atomic mass is 10.2. The Bertz CT molecular complexity index is 518. The number of nitrogens with one attached hydrogen (secondary N) is 1. The Hall–Kier alpha value is -1.69. The third kappa shape index (κ3) is 1.95. The lowest BCUT2D eigenvalue weighted by Crippen LogP contribution is -2.19. The van der Waals surface area contributed by atoms with Crippen LogP contribution in [0, 0.1) is 6.92 Å². The first-order valence-corrected chi connectivity index (χ1v) is 5.86. The van der Waals surface area contributed by atoms with Gasteiger partial charge in [0, 0.05) is 25.5 Å². The van der Waals surface area contributed by atoms with Crippen LogP contribution in [0.1, 0.15) is 18.7 Å². The molecular formula is C11H15N5O. The zero-order valence-electron chi connectivity index (χ0n) is 9.76. The van der Waals surface area contributed by atoms with E-state index >= 15 is 0 Å². The van der Waals surface area contributed by atoms with Crippen molar-refractivity contribution < 1.29 is 4.74 Å². The van der Waals surface area contributed by atoms with Gasteiger partial charge in [-0.05, 0) is 19.8 Å². The summed E-state index contributed by atoms with van der Waals surface area (Å²) in [6, 6.07) is 0. The fraction of sp³-hybridized carbons (Fsp3) is 0.545. The van der Waals surface area contributed by atoms with Gasteiger partial charge in [0.15, 0.2) is 5.82 Å².